The van der Waals surface area contributed by atoms with Crippen LogP contribution in [0.4, 0.5) is 26.3 Å². The number of rotatable bonds is 0. The fourth-order valence-corrected chi connectivity index (χ4v) is 3.74. The van der Waals surface area contributed by atoms with E-state index in [4.69, 9.17) is 0 Å². The molecule has 1 heterocycles. The normalized spacial score (nSPS) is 31.2. The third-order valence-electron chi connectivity index (χ3n) is 1.63. The molecule has 1 fully saturated rings. The number of halogens is 6. The first-order chi connectivity index (χ1) is 6.71. The Kier molecular flexibility index (Phi) is 3.77. The van der Waals surface area contributed by atoms with E-state index < -0.39 is 36.5 Å². The van der Waals surface area contributed by atoms with E-state index in [2.05, 4.69) is 0 Å². The van der Waals surface area contributed by atoms with E-state index in [-0.39, 0.29) is 24.4 Å². The van der Waals surface area contributed by atoms with E-state index in [1.54, 1.807) is 0 Å². The Morgan fingerprint density at radius 1 is 0.765 bits per heavy atom. The van der Waals surface area contributed by atoms with Gasteiger partial charge >= 0.3 is 35.3 Å². The zero-order valence-corrected chi connectivity index (χ0v) is 9.35. The van der Waals surface area contributed by atoms with Crippen LogP contribution in [0, 0.1) is 0 Å². The molecule has 14 heteroatoms. The minimum absolute atomic E-state index is 0. The first-order valence-corrected chi connectivity index (χ1v) is 6.08. The molecule has 0 unspecified atom stereocenters. The molecule has 98 valence electrons. The number of alkyl halides is 6. The van der Waals surface area contributed by atoms with Gasteiger partial charge in [0.15, 0.2) is 0 Å². The third kappa shape index (κ3) is 1.79. The second kappa shape index (κ2) is 3.76. The average molecular weight is 301 g/mol. The van der Waals surface area contributed by atoms with Crippen LogP contribution >= 0.6 is 0 Å². The van der Waals surface area contributed by atoms with E-state index in [0.717, 1.165) is 0 Å². The van der Waals surface area contributed by atoms with Gasteiger partial charge in [0.05, 0.1) is 0 Å². The summed E-state index contributed by atoms with van der Waals surface area (Å²) in [5.74, 6) is -6.57. The van der Waals surface area contributed by atoms with Gasteiger partial charge in [0.1, 0.15) is 0 Å². The zero-order valence-electron chi connectivity index (χ0n) is 8.72. The average Bonchev–Trinajstić information content (AvgIpc) is 1.98. The standard InChI is InChI=1S/C3HF6NO4S2.Li.H/c4-1(5)2(6,7)15(11,12)10-16(13,14)3(1,8)9;;/h10H;;/q;+1;-1. The fourth-order valence-electron chi connectivity index (χ4n) is 0.756. The number of sulfonamides is 2. The van der Waals surface area contributed by atoms with Crippen molar-refractivity contribution in [2.75, 3.05) is 0 Å². The van der Waals surface area contributed by atoms with Crippen LogP contribution in [-0.4, -0.2) is 33.3 Å². The van der Waals surface area contributed by atoms with Crippen molar-refractivity contribution in [3.05, 3.63) is 0 Å². The van der Waals surface area contributed by atoms with Crippen molar-refractivity contribution >= 4 is 20.0 Å². The summed E-state index contributed by atoms with van der Waals surface area (Å²) in [5, 5.41) is -12.5. The maximum absolute atomic E-state index is 12.5. The summed E-state index contributed by atoms with van der Waals surface area (Å²) < 4.78 is 116. The summed E-state index contributed by atoms with van der Waals surface area (Å²) in [5.41, 5.74) is 0. The Morgan fingerprint density at radius 2 is 1.00 bits per heavy atom. The summed E-state index contributed by atoms with van der Waals surface area (Å²) >= 11 is 0. The van der Waals surface area contributed by atoms with Gasteiger partial charge in [0.2, 0.25) is 0 Å². The van der Waals surface area contributed by atoms with Crippen molar-refractivity contribution in [1.29, 1.82) is 0 Å². The molecule has 5 nitrogen and oxygen atoms in total. The maximum atomic E-state index is 12.5. The smallest absolute Gasteiger partial charge is 1.00 e. The summed E-state index contributed by atoms with van der Waals surface area (Å²) in [6.07, 6.45) is 0. The molecule has 1 aliphatic heterocycles. The van der Waals surface area contributed by atoms with Gasteiger partial charge in [-0.15, -0.1) is 0 Å². The Bertz CT molecular complexity index is 485. The minimum atomic E-state index is -6.57. The Hall–Kier alpha value is 0.0374. The van der Waals surface area contributed by atoms with Gasteiger partial charge < -0.3 is 1.43 Å². The van der Waals surface area contributed by atoms with Gasteiger partial charge in [0.25, 0.3) is 20.0 Å². The topological polar surface area (TPSA) is 80.3 Å². The van der Waals surface area contributed by atoms with Crippen LogP contribution in [0.2, 0.25) is 0 Å². The van der Waals surface area contributed by atoms with Crippen molar-refractivity contribution in [2.45, 2.75) is 16.4 Å². The summed E-state index contributed by atoms with van der Waals surface area (Å²) in [6, 6.07) is 0. The number of hydrogen-bond acceptors (Lipinski definition) is 4. The van der Waals surface area contributed by atoms with Crippen LogP contribution in [-0.2, 0) is 20.0 Å². The number of hydrogen-bond donors (Lipinski definition) is 1. The van der Waals surface area contributed by atoms with Gasteiger partial charge in [0, 0.05) is 0 Å². The molecule has 1 saturated heterocycles. The first-order valence-electron chi connectivity index (χ1n) is 3.12. The van der Waals surface area contributed by atoms with Crippen LogP contribution in [0.15, 0.2) is 0 Å². The Balaban J connectivity index is 0. The summed E-state index contributed by atoms with van der Waals surface area (Å²) in [6.45, 7) is 0. The maximum Gasteiger partial charge on any atom is 1.00 e. The molecular weight excluding hydrogens is 299 g/mol. The largest absolute Gasteiger partial charge is 1.00 e. The van der Waals surface area contributed by atoms with Crippen LogP contribution in [0.3, 0.4) is 0 Å². The molecule has 0 aromatic carbocycles. The molecule has 0 aromatic rings. The van der Waals surface area contributed by atoms with Crippen molar-refractivity contribution in [3.63, 3.8) is 0 Å². The molecule has 17 heavy (non-hydrogen) atoms. The molecule has 0 amide bonds. The molecule has 1 rings (SSSR count). The van der Waals surface area contributed by atoms with E-state index in [1.165, 1.54) is 0 Å². The van der Waals surface area contributed by atoms with Gasteiger partial charge in [-0.05, 0) is 0 Å². The third-order valence-corrected chi connectivity index (χ3v) is 5.24. The van der Waals surface area contributed by atoms with E-state index in [0.29, 0.717) is 0 Å². The molecule has 0 spiro atoms. The SMILES string of the molecule is O=S1(=O)NS(=O)(=O)C(F)(F)C(F)(F)C1(F)F.[H-].[Li+]. The Labute approximate surface area is 104 Å². The minimum Gasteiger partial charge on any atom is -1.00 e. The molecule has 0 atom stereocenters. The van der Waals surface area contributed by atoms with Crippen LogP contribution in [0.5, 0.6) is 0 Å². The summed E-state index contributed by atoms with van der Waals surface area (Å²) in [7, 11) is -12.9. The van der Waals surface area contributed by atoms with Crippen LogP contribution in [0.1, 0.15) is 1.43 Å². The quantitative estimate of drug-likeness (QED) is 0.387. The van der Waals surface area contributed by atoms with E-state index >= 15 is 0 Å². The molecule has 0 aliphatic carbocycles. The van der Waals surface area contributed by atoms with Crippen LogP contribution in [0.25, 0.3) is 0 Å². The monoisotopic (exact) mass is 301 g/mol. The molecule has 1 N–H and O–H groups in total. The van der Waals surface area contributed by atoms with Crippen molar-refractivity contribution in [2.24, 2.45) is 0 Å². The second-order valence-electron chi connectivity index (χ2n) is 2.70. The van der Waals surface area contributed by atoms with Gasteiger partial charge in [-0.2, -0.15) is 26.3 Å². The Morgan fingerprint density at radius 3 is 1.24 bits per heavy atom. The summed E-state index contributed by atoms with van der Waals surface area (Å²) in [4.78, 5) is 0. The predicted octanol–water partition coefficient (Wildman–Crippen LogP) is -2.81. The first kappa shape index (κ1) is 17.0. The molecule has 0 aromatic heterocycles. The van der Waals surface area contributed by atoms with Crippen molar-refractivity contribution in [3.8, 4) is 0 Å². The zero-order chi connectivity index (χ0) is 13.2. The fraction of sp³-hybridized carbons (Fsp3) is 1.00. The molecule has 0 bridgehead atoms. The van der Waals surface area contributed by atoms with Gasteiger partial charge in [-0.3, -0.25) is 0 Å². The molecule has 1 aliphatic rings. The predicted molar refractivity (Wildman–Crippen MR) is 36.9 cm³/mol. The van der Waals surface area contributed by atoms with Crippen molar-refractivity contribution in [1.82, 2.24) is 4.13 Å². The molecule has 0 radical (unpaired) electrons. The van der Waals surface area contributed by atoms with Gasteiger partial charge in [-0.1, -0.05) is 4.13 Å². The van der Waals surface area contributed by atoms with Gasteiger partial charge in [-0.25, -0.2) is 16.8 Å². The number of nitrogens with one attached hydrogen (secondary N) is 1. The van der Waals surface area contributed by atoms with Crippen LogP contribution < -0.4 is 23.0 Å². The molecule has 0 saturated carbocycles. The van der Waals surface area contributed by atoms with E-state index in [9.17, 15) is 43.2 Å². The second-order valence-corrected chi connectivity index (χ2v) is 6.40. The van der Waals surface area contributed by atoms with Crippen molar-refractivity contribution < 1.29 is 63.5 Å². The van der Waals surface area contributed by atoms with E-state index in [1.807, 2.05) is 0 Å². The molecular formula is C3H2F6LiNO4S2.